The van der Waals surface area contributed by atoms with Crippen molar-refractivity contribution in [3.63, 3.8) is 0 Å². The topological polar surface area (TPSA) is 77.7 Å². The maximum Gasteiger partial charge on any atom is 0.339 e. The average Bonchev–Trinajstić information content (AvgIpc) is 2.95. The molecule has 1 aromatic rings. The smallest absolute Gasteiger partial charge is 0.339 e. The van der Waals surface area contributed by atoms with Gasteiger partial charge in [-0.15, -0.1) is 0 Å². The molecular formula is C18H30N4O3. The molecule has 140 valence electrons. The molecule has 7 heteroatoms. The van der Waals surface area contributed by atoms with Crippen LogP contribution in [0.1, 0.15) is 46.0 Å². The third-order valence-corrected chi connectivity index (χ3v) is 5.02. The Morgan fingerprint density at radius 1 is 1.28 bits per heavy atom. The van der Waals surface area contributed by atoms with Crippen molar-refractivity contribution < 1.29 is 14.3 Å². The number of aromatic nitrogens is 1. The lowest BCUT2D eigenvalue weighted by atomic mass is 10.1. The minimum absolute atomic E-state index is 0.177. The third kappa shape index (κ3) is 4.41. The number of ether oxygens (including phenoxy) is 1. The first-order valence-electron chi connectivity index (χ1n) is 8.89. The number of rotatable bonds is 6. The van der Waals surface area contributed by atoms with Gasteiger partial charge in [0.05, 0.1) is 12.7 Å². The van der Waals surface area contributed by atoms with Crippen LogP contribution in [0.25, 0.3) is 0 Å². The molecule has 7 nitrogen and oxygen atoms in total. The molecule has 1 atom stereocenters. The van der Waals surface area contributed by atoms with Crippen molar-refractivity contribution >= 4 is 11.9 Å². The summed E-state index contributed by atoms with van der Waals surface area (Å²) in [7, 11) is 3.48. The Kier molecular flexibility index (Phi) is 6.61. The highest BCUT2D eigenvalue weighted by Crippen LogP contribution is 2.20. The fourth-order valence-corrected chi connectivity index (χ4v) is 3.25. The van der Waals surface area contributed by atoms with Crippen LogP contribution >= 0.6 is 0 Å². The molecule has 1 fully saturated rings. The van der Waals surface area contributed by atoms with E-state index in [2.05, 4.69) is 34.1 Å². The van der Waals surface area contributed by atoms with E-state index in [9.17, 15) is 9.59 Å². The van der Waals surface area contributed by atoms with Crippen LogP contribution in [-0.4, -0.2) is 79.6 Å². The molecule has 25 heavy (non-hydrogen) atoms. The first kappa shape index (κ1) is 19.5. The van der Waals surface area contributed by atoms with E-state index in [1.807, 2.05) is 6.92 Å². The Hall–Kier alpha value is -1.86. The Morgan fingerprint density at radius 2 is 1.92 bits per heavy atom. The number of esters is 1. The molecule has 0 radical (unpaired) electrons. The van der Waals surface area contributed by atoms with Crippen molar-refractivity contribution in [1.29, 1.82) is 0 Å². The van der Waals surface area contributed by atoms with E-state index in [0.717, 1.165) is 31.9 Å². The lowest BCUT2D eigenvalue weighted by Gasteiger charge is -2.36. The number of nitrogens with zero attached hydrogens (tertiary/aromatic N) is 2. The standard InChI is InChI=1S/C18H30N4O3/c1-6-14-15(18(24)25-5)13(3)16(20-14)17(23)19-11-12(2)22-9-7-21(4)8-10-22/h12,20H,6-11H2,1-5H3,(H,19,23). The van der Waals surface area contributed by atoms with E-state index < -0.39 is 5.97 Å². The zero-order chi connectivity index (χ0) is 18.6. The zero-order valence-corrected chi connectivity index (χ0v) is 15.9. The van der Waals surface area contributed by atoms with Gasteiger partial charge in [0.1, 0.15) is 5.69 Å². The van der Waals surface area contributed by atoms with Crippen LogP contribution in [0, 0.1) is 6.92 Å². The lowest BCUT2D eigenvalue weighted by molar-refractivity contribution is 0.0599. The van der Waals surface area contributed by atoms with Gasteiger partial charge in [-0.3, -0.25) is 9.69 Å². The monoisotopic (exact) mass is 350 g/mol. The second-order valence-corrected chi connectivity index (χ2v) is 6.72. The molecule has 2 rings (SSSR count). The van der Waals surface area contributed by atoms with Gasteiger partial charge in [0, 0.05) is 44.5 Å². The number of aryl methyl sites for hydroxylation is 1. The number of amides is 1. The zero-order valence-electron chi connectivity index (χ0n) is 15.9. The highest BCUT2D eigenvalue weighted by atomic mass is 16.5. The highest BCUT2D eigenvalue weighted by molar-refractivity contribution is 6.00. The molecule has 1 saturated heterocycles. The van der Waals surface area contributed by atoms with Crippen molar-refractivity contribution in [3.05, 3.63) is 22.5 Å². The summed E-state index contributed by atoms with van der Waals surface area (Å²) in [5, 5.41) is 2.99. The number of methoxy groups -OCH3 is 1. The Labute approximate surface area is 149 Å². The predicted molar refractivity (Wildman–Crippen MR) is 97.1 cm³/mol. The van der Waals surface area contributed by atoms with E-state index in [-0.39, 0.29) is 11.9 Å². The molecule has 1 aliphatic heterocycles. The number of hydrogen-bond donors (Lipinski definition) is 2. The van der Waals surface area contributed by atoms with E-state index >= 15 is 0 Å². The summed E-state index contributed by atoms with van der Waals surface area (Å²) in [6, 6.07) is 0.277. The minimum atomic E-state index is -0.407. The molecular weight excluding hydrogens is 320 g/mol. The number of likely N-dealkylation sites (N-methyl/N-ethyl adjacent to an activating group) is 1. The van der Waals surface area contributed by atoms with Crippen LogP contribution in [-0.2, 0) is 11.2 Å². The van der Waals surface area contributed by atoms with Gasteiger partial charge in [-0.1, -0.05) is 6.92 Å². The van der Waals surface area contributed by atoms with Gasteiger partial charge in [-0.2, -0.15) is 0 Å². The molecule has 0 aliphatic carbocycles. The number of piperazine rings is 1. The Bertz CT molecular complexity index is 618. The molecule has 0 bridgehead atoms. The van der Waals surface area contributed by atoms with E-state index in [1.54, 1.807) is 6.92 Å². The molecule has 1 aliphatic rings. The van der Waals surface area contributed by atoms with Crippen molar-refractivity contribution in [2.45, 2.75) is 33.2 Å². The SMILES string of the molecule is CCc1[nH]c(C(=O)NCC(C)N2CCN(C)CC2)c(C)c1C(=O)OC. The largest absolute Gasteiger partial charge is 0.465 e. The van der Waals surface area contributed by atoms with E-state index in [0.29, 0.717) is 29.8 Å². The van der Waals surface area contributed by atoms with Gasteiger partial charge in [0.15, 0.2) is 0 Å². The first-order chi connectivity index (χ1) is 11.9. The number of aromatic amines is 1. The van der Waals surface area contributed by atoms with Gasteiger partial charge >= 0.3 is 5.97 Å². The molecule has 1 unspecified atom stereocenters. The normalized spacial score (nSPS) is 17.3. The fourth-order valence-electron chi connectivity index (χ4n) is 3.25. The molecule has 1 aromatic heterocycles. The summed E-state index contributed by atoms with van der Waals surface area (Å²) in [5.41, 5.74) is 2.31. The number of H-pyrrole nitrogens is 1. The summed E-state index contributed by atoms with van der Waals surface area (Å²) >= 11 is 0. The minimum Gasteiger partial charge on any atom is -0.465 e. The average molecular weight is 350 g/mol. The van der Waals surface area contributed by atoms with Crippen molar-refractivity contribution in [3.8, 4) is 0 Å². The van der Waals surface area contributed by atoms with Crippen LogP contribution in [0.4, 0.5) is 0 Å². The van der Waals surface area contributed by atoms with Crippen LogP contribution < -0.4 is 5.32 Å². The summed E-state index contributed by atoms with van der Waals surface area (Å²) in [5.74, 6) is -0.584. The van der Waals surface area contributed by atoms with Crippen LogP contribution in [0.3, 0.4) is 0 Å². The van der Waals surface area contributed by atoms with Gasteiger partial charge in [0.25, 0.3) is 5.91 Å². The van der Waals surface area contributed by atoms with Crippen molar-refractivity contribution in [1.82, 2.24) is 20.1 Å². The number of nitrogens with one attached hydrogen (secondary N) is 2. The summed E-state index contributed by atoms with van der Waals surface area (Å²) in [4.78, 5) is 32.3. The van der Waals surface area contributed by atoms with E-state index in [1.165, 1.54) is 7.11 Å². The molecule has 0 saturated carbocycles. The maximum absolute atomic E-state index is 12.6. The Balaban J connectivity index is 2.01. The van der Waals surface area contributed by atoms with E-state index in [4.69, 9.17) is 4.74 Å². The quantitative estimate of drug-likeness (QED) is 0.750. The van der Waals surface area contributed by atoms with Crippen LogP contribution in [0.2, 0.25) is 0 Å². The third-order valence-electron chi connectivity index (χ3n) is 5.02. The fraction of sp³-hybridized carbons (Fsp3) is 0.667. The van der Waals surface area contributed by atoms with Crippen LogP contribution in [0.5, 0.6) is 0 Å². The highest BCUT2D eigenvalue weighted by Gasteiger charge is 2.24. The number of carbonyl (C=O) groups is 2. The summed E-state index contributed by atoms with van der Waals surface area (Å²) < 4.78 is 4.84. The predicted octanol–water partition coefficient (Wildman–Crippen LogP) is 1.04. The summed E-state index contributed by atoms with van der Waals surface area (Å²) in [6.45, 7) is 10.6. The number of hydrogen-bond acceptors (Lipinski definition) is 5. The second-order valence-electron chi connectivity index (χ2n) is 6.72. The van der Waals surface area contributed by atoms with Gasteiger partial charge < -0.3 is 19.9 Å². The van der Waals surface area contributed by atoms with Crippen molar-refractivity contribution in [2.24, 2.45) is 0 Å². The number of carbonyl (C=O) groups excluding carboxylic acids is 2. The van der Waals surface area contributed by atoms with Crippen LogP contribution in [0.15, 0.2) is 0 Å². The van der Waals surface area contributed by atoms with Gasteiger partial charge in [0.2, 0.25) is 0 Å². The Morgan fingerprint density at radius 3 is 2.48 bits per heavy atom. The van der Waals surface area contributed by atoms with Gasteiger partial charge in [-0.25, -0.2) is 4.79 Å². The maximum atomic E-state index is 12.6. The first-order valence-corrected chi connectivity index (χ1v) is 8.89. The second kappa shape index (κ2) is 8.49. The van der Waals surface area contributed by atoms with Gasteiger partial charge in [-0.05, 0) is 32.9 Å². The molecule has 2 heterocycles. The lowest BCUT2D eigenvalue weighted by Crippen LogP contribution is -2.51. The molecule has 2 N–H and O–H groups in total. The summed E-state index contributed by atoms with van der Waals surface area (Å²) in [6.07, 6.45) is 0.635. The molecule has 0 aromatic carbocycles. The molecule has 0 spiro atoms. The van der Waals surface area contributed by atoms with Crippen molar-refractivity contribution in [2.75, 3.05) is 46.9 Å². The molecule has 1 amide bonds.